The minimum absolute atomic E-state index is 0.0975. The first kappa shape index (κ1) is 40.6. The fourth-order valence-corrected chi connectivity index (χ4v) is 5.95. The van der Waals surface area contributed by atoms with E-state index in [1.165, 1.54) is 18.2 Å². The lowest BCUT2D eigenvalue weighted by atomic mass is 10.1. The number of allylic oxidation sites excluding steroid dienone is 4. The van der Waals surface area contributed by atoms with Crippen molar-refractivity contribution in [3.63, 3.8) is 0 Å². The van der Waals surface area contributed by atoms with E-state index in [0.29, 0.717) is 51.4 Å². The summed E-state index contributed by atoms with van der Waals surface area (Å²) in [5, 5.41) is 44.4. The zero-order valence-electron chi connectivity index (χ0n) is 30.7. The minimum Gasteiger partial charge on any atom is -0.425 e. The van der Waals surface area contributed by atoms with Crippen LogP contribution < -0.4 is 32.4 Å². The number of amides is 4. The smallest absolute Gasteiger partial charge is 0.291 e. The minimum atomic E-state index is -0.730. The van der Waals surface area contributed by atoms with Crippen molar-refractivity contribution in [1.82, 2.24) is 40.7 Å². The molecule has 0 saturated heterocycles. The molecule has 2 aromatic carbocycles. The highest BCUT2D eigenvalue weighted by Gasteiger charge is 2.25. The Kier molecular flexibility index (Phi) is 13.9. The number of nitrogens with one attached hydrogen (secondary N) is 4. The molecule has 4 aromatic rings. The molecule has 5 rings (SSSR count). The number of aromatic nitrogens is 2. The molecule has 0 aliphatic carbocycles. The fourth-order valence-electron chi connectivity index (χ4n) is 5.95. The van der Waals surface area contributed by atoms with Gasteiger partial charge in [0.25, 0.3) is 34.7 Å². The normalized spacial score (nSPS) is 16.6. The third-order valence-electron chi connectivity index (χ3n) is 9.05. The highest BCUT2D eigenvalue weighted by atomic mass is 16.5. The first-order valence-electron chi connectivity index (χ1n) is 18.0. The largest absolute Gasteiger partial charge is 0.425 e. The van der Waals surface area contributed by atoms with Gasteiger partial charge in [-0.05, 0) is 54.5 Å². The van der Waals surface area contributed by atoms with Crippen LogP contribution in [0.2, 0.25) is 0 Å². The van der Waals surface area contributed by atoms with Crippen LogP contribution in [0.4, 0.5) is 0 Å². The van der Waals surface area contributed by atoms with Crippen molar-refractivity contribution in [2.75, 3.05) is 52.4 Å². The van der Waals surface area contributed by atoms with Crippen LogP contribution in [-0.2, 0) is 9.59 Å². The second kappa shape index (κ2) is 19.2. The SMILES string of the molecule is C[C@@H]1/C=C\C=C/C/C=C(/C(=O)NCCN(CCNCCNC(=O)c2cc3ccccc3c(=O)n2O)CCNC(=O)c2cc3ccccc3c(=O)n2O)N(O)C1=O. The molecule has 0 fully saturated rings. The summed E-state index contributed by atoms with van der Waals surface area (Å²) < 4.78 is 0.630. The maximum Gasteiger partial charge on any atom is 0.291 e. The van der Waals surface area contributed by atoms with E-state index < -0.39 is 40.7 Å². The third kappa shape index (κ3) is 9.94. The Morgan fingerprint density at radius 3 is 1.80 bits per heavy atom. The van der Waals surface area contributed by atoms with Crippen LogP contribution in [0.15, 0.2) is 106 Å². The molecule has 4 amide bonds. The van der Waals surface area contributed by atoms with Gasteiger partial charge in [-0.15, -0.1) is 9.46 Å². The molecule has 1 aliphatic heterocycles. The Morgan fingerprint density at radius 2 is 1.21 bits per heavy atom. The number of hydrogen-bond donors (Lipinski definition) is 7. The fraction of sp³-hybridized carbons (Fsp3) is 0.282. The number of pyridine rings is 2. The number of hydroxylamine groups is 2. The number of fused-ring (bicyclic) bond motifs is 2. The number of carbonyl (C=O) groups is 4. The van der Waals surface area contributed by atoms with Crippen LogP contribution in [0.3, 0.4) is 0 Å². The van der Waals surface area contributed by atoms with E-state index in [0.717, 1.165) is 0 Å². The molecule has 294 valence electrons. The lowest BCUT2D eigenvalue weighted by Gasteiger charge is -2.24. The summed E-state index contributed by atoms with van der Waals surface area (Å²) >= 11 is 0. The van der Waals surface area contributed by atoms with Gasteiger partial charge in [0.05, 0.1) is 16.7 Å². The van der Waals surface area contributed by atoms with Crippen molar-refractivity contribution in [3.8, 4) is 0 Å². The van der Waals surface area contributed by atoms with Crippen molar-refractivity contribution in [2.45, 2.75) is 13.3 Å². The van der Waals surface area contributed by atoms with Gasteiger partial charge in [-0.2, -0.15) is 5.06 Å². The predicted molar refractivity (Wildman–Crippen MR) is 207 cm³/mol. The molecule has 3 heterocycles. The Balaban J connectivity index is 1.17. The number of rotatable bonds is 15. The van der Waals surface area contributed by atoms with Crippen LogP contribution in [0.5, 0.6) is 0 Å². The van der Waals surface area contributed by atoms with E-state index in [2.05, 4.69) is 21.3 Å². The van der Waals surface area contributed by atoms with Gasteiger partial charge in [-0.3, -0.25) is 38.9 Å². The molecule has 0 spiro atoms. The molecule has 1 aliphatic rings. The molecule has 7 N–H and O–H groups in total. The van der Waals surface area contributed by atoms with Crippen molar-refractivity contribution >= 4 is 45.2 Å². The molecular formula is C39H44N8O9. The first-order chi connectivity index (χ1) is 27.0. The summed E-state index contributed by atoms with van der Waals surface area (Å²) in [6.07, 6.45) is 8.57. The van der Waals surface area contributed by atoms with Crippen LogP contribution in [-0.4, -0.2) is 111 Å². The molecular weight excluding hydrogens is 724 g/mol. The highest BCUT2D eigenvalue weighted by molar-refractivity contribution is 5.98. The number of hydrogen-bond acceptors (Lipinski definition) is 11. The summed E-state index contributed by atoms with van der Waals surface area (Å²) in [5.41, 5.74) is -2.09. The van der Waals surface area contributed by atoms with Crippen LogP contribution >= 0.6 is 0 Å². The molecule has 0 radical (unpaired) electrons. The zero-order chi connectivity index (χ0) is 40.2. The van der Waals surface area contributed by atoms with Gasteiger partial charge < -0.3 is 31.7 Å². The molecule has 17 nitrogen and oxygen atoms in total. The highest BCUT2D eigenvalue weighted by Crippen LogP contribution is 2.14. The van der Waals surface area contributed by atoms with Gasteiger partial charge in [-0.25, -0.2) is 0 Å². The van der Waals surface area contributed by atoms with Crippen LogP contribution in [0, 0.1) is 5.92 Å². The van der Waals surface area contributed by atoms with Gasteiger partial charge in [0.2, 0.25) is 0 Å². The van der Waals surface area contributed by atoms with Gasteiger partial charge in [-0.1, -0.05) is 60.7 Å². The molecule has 1 atom stereocenters. The van der Waals surface area contributed by atoms with Gasteiger partial charge in [0, 0.05) is 52.4 Å². The maximum atomic E-state index is 13.1. The number of carbonyl (C=O) groups excluding carboxylic acids is 4. The zero-order valence-corrected chi connectivity index (χ0v) is 30.7. The second-order valence-corrected chi connectivity index (χ2v) is 12.9. The summed E-state index contributed by atoms with van der Waals surface area (Å²) in [4.78, 5) is 78.6. The molecule has 2 aromatic heterocycles. The Morgan fingerprint density at radius 1 is 0.696 bits per heavy atom. The van der Waals surface area contributed by atoms with E-state index >= 15 is 0 Å². The van der Waals surface area contributed by atoms with E-state index in [-0.39, 0.29) is 60.6 Å². The summed E-state index contributed by atoms with van der Waals surface area (Å²) in [7, 11) is 0. The predicted octanol–water partition coefficient (Wildman–Crippen LogP) is 1.21. The molecule has 56 heavy (non-hydrogen) atoms. The van der Waals surface area contributed by atoms with Crippen LogP contribution in [0.25, 0.3) is 21.5 Å². The number of benzene rings is 2. The van der Waals surface area contributed by atoms with Gasteiger partial charge in [0.15, 0.2) is 0 Å². The Bertz CT molecular complexity index is 2310. The monoisotopic (exact) mass is 768 g/mol. The second-order valence-electron chi connectivity index (χ2n) is 12.9. The van der Waals surface area contributed by atoms with Crippen molar-refractivity contribution in [3.05, 3.63) is 129 Å². The maximum absolute atomic E-state index is 13.1. The average molecular weight is 769 g/mol. The quantitative estimate of drug-likeness (QED) is 0.0517. The Labute approximate surface area is 320 Å². The van der Waals surface area contributed by atoms with Crippen LogP contribution in [0.1, 0.15) is 34.3 Å². The van der Waals surface area contributed by atoms with Crippen molar-refractivity contribution in [1.29, 1.82) is 0 Å². The lowest BCUT2D eigenvalue weighted by molar-refractivity contribution is -0.162. The molecule has 17 heteroatoms. The summed E-state index contributed by atoms with van der Waals surface area (Å²) in [5.74, 6) is -3.31. The third-order valence-corrected chi connectivity index (χ3v) is 9.05. The van der Waals surface area contributed by atoms with Gasteiger partial charge >= 0.3 is 0 Å². The van der Waals surface area contributed by atoms with E-state index in [1.807, 2.05) is 4.90 Å². The van der Waals surface area contributed by atoms with Crippen molar-refractivity contribution in [2.24, 2.45) is 5.92 Å². The molecule has 0 unspecified atom stereocenters. The van der Waals surface area contributed by atoms with Crippen molar-refractivity contribution < 1.29 is 34.8 Å². The molecule has 0 bridgehead atoms. The van der Waals surface area contributed by atoms with E-state index in [9.17, 15) is 44.4 Å². The summed E-state index contributed by atoms with van der Waals surface area (Å²) in [6, 6.07) is 16.0. The van der Waals surface area contributed by atoms with Gasteiger partial charge in [0.1, 0.15) is 17.1 Å². The van der Waals surface area contributed by atoms with E-state index in [4.69, 9.17) is 0 Å². The first-order valence-corrected chi connectivity index (χ1v) is 18.0. The average Bonchev–Trinajstić information content (AvgIpc) is 3.20. The topological polar surface area (TPSA) is 228 Å². The molecule has 0 saturated carbocycles. The van der Waals surface area contributed by atoms with E-state index in [1.54, 1.807) is 79.8 Å². The lowest BCUT2D eigenvalue weighted by Crippen LogP contribution is -2.44. The standard InChI is InChI=1S/C39H44N8O9/c1-26-10-4-2-3-5-15-31(45(54)37(26)51)34(48)42-19-22-44(23-20-43-36(50)33-25-28-12-7-9-14-30(28)39(53)47(33)56)21-18-40-16-17-41-35(49)32-24-27-11-6-8-13-29(27)38(52)46(32)55/h2-4,6-15,24-26,40,54-56H,5,16-23H2,1H3,(H,41,49)(H,42,48)(H,43,50)/b3-2-,10-4-,31-15-/t26-/m1/s1. The Hall–Kier alpha value is -6.56. The number of nitrogens with zero attached hydrogens (tertiary/aromatic N) is 4. The summed E-state index contributed by atoms with van der Waals surface area (Å²) in [6.45, 7) is 3.65.